The van der Waals surface area contributed by atoms with Crippen molar-refractivity contribution in [2.45, 2.75) is 56.8 Å². The van der Waals surface area contributed by atoms with E-state index in [4.69, 9.17) is 14.2 Å². The standard InChI is InChI=1S/C10H18O6/c1-2-3-6-14-4-5-9(16-6)7(11)8(12)10(13)15-5/h5-13H,2-4H2,1H3/t5-,6?,7-,8-,9-,10+/m1/s1. The van der Waals surface area contributed by atoms with Gasteiger partial charge in [0.1, 0.15) is 24.4 Å². The third-order valence-electron chi connectivity index (χ3n) is 2.94. The van der Waals surface area contributed by atoms with Gasteiger partial charge in [0, 0.05) is 0 Å². The SMILES string of the molecule is CCCC1OC[C@H]2O[C@H](O)[C@H](O)[C@@H](O)[C@@H]2O1. The Bertz CT molecular complexity index is 233. The van der Waals surface area contributed by atoms with E-state index in [9.17, 15) is 15.3 Å². The summed E-state index contributed by atoms with van der Waals surface area (Å²) in [7, 11) is 0. The zero-order chi connectivity index (χ0) is 11.7. The molecule has 2 aliphatic rings. The summed E-state index contributed by atoms with van der Waals surface area (Å²) >= 11 is 0. The highest BCUT2D eigenvalue weighted by atomic mass is 16.7. The summed E-state index contributed by atoms with van der Waals surface area (Å²) in [5.74, 6) is 0. The van der Waals surface area contributed by atoms with Gasteiger partial charge in [0.25, 0.3) is 0 Å². The van der Waals surface area contributed by atoms with Crippen molar-refractivity contribution >= 4 is 0 Å². The molecule has 6 heteroatoms. The normalized spacial score (nSPS) is 48.8. The maximum Gasteiger partial charge on any atom is 0.184 e. The average Bonchev–Trinajstić information content (AvgIpc) is 2.28. The lowest BCUT2D eigenvalue weighted by atomic mass is 9.98. The van der Waals surface area contributed by atoms with Gasteiger partial charge in [0.2, 0.25) is 0 Å². The number of hydrogen-bond donors (Lipinski definition) is 3. The number of hydrogen-bond acceptors (Lipinski definition) is 6. The number of aliphatic hydroxyl groups is 3. The third kappa shape index (κ3) is 2.22. The molecule has 2 aliphatic heterocycles. The van der Waals surface area contributed by atoms with E-state index in [0.717, 1.165) is 12.8 Å². The third-order valence-corrected chi connectivity index (χ3v) is 2.94. The van der Waals surface area contributed by atoms with Crippen LogP contribution in [0.2, 0.25) is 0 Å². The van der Waals surface area contributed by atoms with Gasteiger partial charge in [-0.25, -0.2) is 0 Å². The molecular weight excluding hydrogens is 216 g/mol. The Morgan fingerprint density at radius 3 is 2.56 bits per heavy atom. The molecule has 6 atom stereocenters. The van der Waals surface area contributed by atoms with E-state index in [0.29, 0.717) is 0 Å². The molecule has 0 aromatic rings. The van der Waals surface area contributed by atoms with Gasteiger partial charge in [0.15, 0.2) is 12.6 Å². The number of rotatable bonds is 2. The first-order valence-electron chi connectivity index (χ1n) is 5.60. The second-order valence-corrected chi connectivity index (χ2v) is 4.20. The summed E-state index contributed by atoms with van der Waals surface area (Å²) in [6.45, 7) is 2.27. The summed E-state index contributed by atoms with van der Waals surface area (Å²) in [5.41, 5.74) is 0. The van der Waals surface area contributed by atoms with Gasteiger partial charge in [-0.3, -0.25) is 0 Å². The Morgan fingerprint density at radius 2 is 1.88 bits per heavy atom. The van der Waals surface area contributed by atoms with Crippen LogP contribution in [0, 0.1) is 0 Å². The summed E-state index contributed by atoms with van der Waals surface area (Å²) in [6, 6.07) is 0. The van der Waals surface area contributed by atoms with E-state index in [1.165, 1.54) is 0 Å². The van der Waals surface area contributed by atoms with Crippen LogP contribution in [0.5, 0.6) is 0 Å². The molecule has 2 fully saturated rings. The topological polar surface area (TPSA) is 88.4 Å². The zero-order valence-corrected chi connectivity index (χ0v) is 9.15. The van der Waals surface area contributed by atoms with Crippen LogP contribution in [0.15, 0.2) is 0 Å². The molecule has 0 aliphatic carbocycles. The molecule has 0 radical (unpaired) electrons. The quantitative estimate of drug-likeness (QED) is 0.566. The predicted molar refractivity (Wildman–Crippen MR) is 52.4 cm³/mol. The van der Waals surface area contributed by atoms with E-state index in [1.807, 2.05) is 6.92 Å². The minimum atomic E-state index is -1.38. The molecule has 0 saturated carbocycles. The predicted octanol–water partition coefficient (Wildman–Crippen LogP) is -1.03. The van der Waals surface area contributed by atoms with E-state index >= 15 is 0 Å². The summed E-state index contributed by atoms with van der Waals surface area (Å²) in [5, 5.41) is 28.5. The Labute approximate surface area is 93.7 Å². The minimum Gasteiger partial charge on any atom is -0.387 e. The van der Waals surface area contributed by atoms with Gasteiger partial charge >= 0.3 is 0 Å². The van der Waals surface area contributed by atoms with Gasteiger partial charge in [-0.15, -0.1) is 0 Å². The van der Waals surface area contributed by atoms with Crippen molar-refractivity contribution in [1.29, 1.82) is 0 Å². The fourth-order valence-corrected chi connectivity index (χ4v) is 2.03. The van der Waals surface area contributed by atoms with Gasteiger partial charge < -0.3 is 29.5 Å². The van der Waals surface area contributed by atoms with Crippen LogP contribution in [0.3, 0.4) is 0 Å². The molecule has 6 nitrogen and oxygen atoms in total. The monoisotopic (exact) mass is 234 g/mol. The fourth-order valence-electron chi connectivity index (χ4n) is 2.03. The number of aliphatic hydroxyl groups excluding tert-OH is 3. The van der Waals surface area contributed by atoms with E-state index in [-0.39, 0.29) is 12.9 Å². The van der Waals surface area contributed by atoms with Crippen molar-refractivity contribution in [2.75, 3.05) is 6.61 Å². The summed E-state index contributed by atoms with van der Waals surface area (Å²) < 4.78 is 16.0. The molecular formula is C10H18O6. The van der Waals surface area contributed by atoms with Crippen molar-refractivity contribution in [2.24, 2.45) is 0 Å². The molecule has 2 saturated heterocycles. The molecule has 0 spiro atoms. The molecule has 0 amide bonds. The molecule has 2 rings (SSSR count). The molecule has 0 aromatic heterocycles. The van der Waals surface area contributed by atoms with Crippen LogP contribution >= 0.6 is 0 Å². The van der Waals surface area contributed by atoms with E-state index in [1.54, 1.807) is 0 Å². The first kappa shape index (κ1) is 12.2. The first-order chi connectivity index (χ1) is 7.63. The highest BCUT2D eigenvalue weighted by molar-refractivity contribution is 4.91. The second-order valence-electron chi connectivity index (χ2n) is 4.20. The smallest absolute Gasteiger partial charge is 0.184 e. The van der Waals surface area contributed by atoms with E-state index in [2.05, 4.69) is 0 Å². The maximum atomic E-state index is 9.76. The molecule has 94 valence electrons. The van der Waals surface area contributed by atoms with Crippen molar-refractivity contribution in [1.82, 2.24) is 0 Å². The lowest BCUT2D eigenvalue weighted by molar-refractivity contribution is -0.352. The van der Waals surface area contributed by atoms with Crippen molar-refractivity contribution in [3.63, 3.8) is 0 Å². The Balaban J connectivity index is 2.00. The minimum absolute atomic E-state index is 0.260. The van der Waals surface area contributed by atoms with Crippen molar-refractivity contribution < 1.29 is 29.5 Å². The fraction of sp³-hybridized carbons (Fsp3) is 1.00. The van der Waals surface area contributed by atoms with Crippen LogP contribution in [0.25, 0.3) is 0 Å². The lowest BCUT2D eigenvalue weighted by Gasteiger charge is -2.45. The molecule has 3 N–H and O–H groups in total. The van der Waals surface area contributed by atoms with Gasteiger partial charge in [-0.05, 0) is 6.42 Å². The molecule has 2 heterocycles. The molecule has 0 aromatic carbocycles. The van der Waals surface area contributed by atoms with Crippen LogP contribution < -0.4 is 0 Å². The van der Waals surface area contributed by atoms with Crippen LogP contribution in [-0.2, 0) is 14.2 Å². The largest absolute Gasteiger partial charge is 0.387 e. The van der Waals surface area contributed by atoms with Crippen LogP contribution in [-0.4, -0.2) is 58.9 Å². The Kier molecular flexibility index (Phi) is 3.78. The van der Waals surface area contributed by atoms with Crippen LogP contribution in [0.4, 0.5) is 0 Å². The lowest BCUT2D eigenvalue weighted by Crippen LogP contribution is -2.62. The molecule has 1 unspecified atom stereocenters. The Hall–Kier alpha value is -0.240. The molecule has 0 bridgehead atoms. The summed E-state index contributed by atoms with van der Waals surface area (Å²) in [4.78, 5) is 0. The highest BCUT2D eigenvalue weighted by Gasteiger charge is 2.47. The zero-order valence-electron chi connectivity index (χ0n) is 9.15. The van der Waals surface area contributed by atoms with Gasteiger partial charge in [-0.1, -0.05) is 13.3 Å². The van der Waals surface area contributed by atoms with Crippen molar-refractivity contribution in [3.8, 4) is 0 Å². The van der Waals surface area contributed by atoms with Crippen LogP contribution in [0.1, 0.15) is 19.8 Å². The number of fused-ring (bicyclic) bond motifs is 1. The average molecular weight is 234 g/mol. The summed E-state index contributed by atoms with van der Waals surface area (Å²) in [6.07, 6.45) is -3.75. The van der Waals surface area contributed by atoms with Gasteiger partial charge in [-0.2, -0.15) is 0 Å². The number of ether oxygens (including phenoxy) is 3. The van der Waals surface area contributed by atoms with Gasteiger partial charge in [0.05, 0.1) is 6.61 Å². The first-order valence-corrected chi connectivity index (χ1v) is 5.60. The Morgan fingerprint density at radius 1 is 1.12 bits per heavy atom. The second kappa shape index (κ2) is 4.95. The highest BCUT2D eigenvalue weighted by Crippen LogP contribution is 2.28. The van der Waals surface area contributed by atoms with E-state index < -0.39 is 30.7 Å². The maximum absolute atomic E-state index is 9.76. The van der Waals surface area contributed by atoms with Crippen molar-refractivity contribution in [3.05, 3.63) is 0 Å². The molecule has 16 heavy (non-hydrogen) atoms.